The minimum absolute atomic E-state index is 0.155. The van der Waals surface area contributed by atoms with Crippen molar-refractivity contribution in [1.82, 2.24) is 15.2 Å². The van der Waals surface area contributed by atoms with Crippen molar-refractivity contribution in [2.75, 3.05) is 5.32 Å². The Kier molecular flexibility index (Phi) is 2.91. The summed E-state index contributed by atoms with van der Waals surface area (Å²) in [6.45, 7) is 5.71. The molecule has 0 saturated heterocycles. The highest BCUT2D eigenvalue weighted by Crippen LogP contribution is 2.16. The Labute approximate surface area is 99.3 Å². The Morgan fingerprint density at radius 3 is 2.65 bits per heavy atom. The molecule has 0 fully saturated rings. The van der Waals surface area contributed by atoms with Gasteiger partial charge in [0.1, 0.15) is 5.82 Å². The van der Waals surface area contributed by atoms with Crippen LogP contribution in [0.15, 0.2) is 18.2 Å². The summed E-state index contributed by atoms with van der Waals surface area (Å²) in [4.78, 5) is 15.8. The molecule has 1 aromatic carbocycles. The molecule has 2 aromatic rings. The Morgan fingerprint density at radius 2 is 2.06 bits per heavy atom. The highest BCUT2D eigenvalue weighted by Gasteiger charge is 2.12. The van der Waals surface area contributed by atoms with Crippen molar-refractivity contribution in [3.8, 4) is 0 Å². The van der Waals surface area contributed by atoms with Crippen LogP contribution >= 0.6 is 0 Å². The van der Waals surface area contributed by atoms with Gasteiger partial charge in [-0.25, -0.2) is 4.98 Å². The first kappa shape index (κ1) is 11.3. The number of nitrogens with zero attached hydrogens (tertiary/aromatic N) is 2. The van der Waals surface area contributed by atoms with Gasteiger partial charge in [-0.15, -0.1) is 5.10 Å². The van der Waals surface area contributed by atoms with Crippen molar-refractivity contribution in [2.45, 2.75) is 20.8 Å². The minimum atomic E-state index is -0.304. The van der Waals surface area contributed by atoms with E-state index in [9.17, 15) is 4.79 Å². The first-order chi connectivity index (χ1) is 8.06. The number of hydrogen-bond donors (Lipinski definition) is 2. The van der Waals surface area contributed by atoms with E-state index in [0.29, 0.717) is 5.82 Å². The number of aryl methyl sites for hydroxylation is 3. The number of hydrogen-bond acceptors (Lipinski definition) is 3. The smallest absolute Gasteiger partial charge is 0.295 e. The molecule has 0 aliphatic heterocycles. The van der Waals surface area contributed by atoms with Crippen LogP contribution in [0.2, 0.25) is 0 Å². The molecule has 5 heteroatoms. The van der Waals surface area contributed by atoms with Gasteiger partial charge in [0.2, 0.25) is 5.82 Å². The second-order valence-corrected chi connectivity index (χ2v) is 4.02. The van der Waals surface area contributed by atoms with Gasteiger partial charge in [0.25, 0.3) is 5.91 Å². The fourth-order valence-electron chi connectivity index (χ4n) is 1.58. The maximum atomic E-state index is 11.8. The number of carbonyl (C=O) groups excluding carboxylic acids is 1. The van der Waals surface area contributed by atoms with Crippen LogP contribution in [0, 0.1) is 20.8 Å². The monoisotopic (exact) mass is 230 g/mol. The molecular weight excluding hydrogens is 216 g/mol. The van der Waals surface area contributed by atoms with E-state index in [1.54, 1.807) is 6.92 Å². The maximum Gasteiger partial charge on any atom is 0.295 e. The fourth-order valence-corrected chi connectivity index (χ4v) is 1.58. The zero-order chi connectivity index (χ0) is 12.4. The van der Waals surface area contributed by atoms with Gasteiger partial charge in [-0.3, -0.25) is 9.89 Å². The largest absolute Gasteiger partial charge is 0.319 e. The van der Waals surface area contributed by atoms with Crippen LogP contribution in [0.4, 0.5) is 5.69 Å². The van der Waals surface area contributed by atoms with Crippen molar-refractivity contribution in [1.29, 1.82) is 0 Å². The average molecular weight is 230 g/mol. The lowest BCUT2D eigenvalue weighted by Gasteiger charge is -2.07. The highest BCUT2D eigenvalue weighted by molar-refractivity contribution is 6.01. The number of benzene rings is 1. The van der Waals surface area contributed by atoms with Crippen molar-refractivity contribution in [3.05, 3.63) is 41.0 Å². The molecule has 0 unspecified atom stereocenters. The van der Waals surface area contributed by atoms with Gasteiger partial charge in [-0.1, -0.05) is 17.7 Å². The van der Waals surface area contributed by atoms with E-state index >= 15 is 0 Å². The van der Waals surface area contributed by atoms with E-state index in [1.165, 1.54) is 0 Å². The van der Waals surface area contributed by atoms with E-state index < -0.39 is 0 Å². The zero-order valence-electron chi connectivity index (χ0n) is 10.0. The maximum absolute atomic E-state index is 11.8. The summed E-state index contributed by atoms with van der Waals surface area (Å²) in [5.41, 5.74) is 2.96. The Hall–Kier alpha value is -2.17. The lowest BCUT2D eigenvalue weighted by Crippen LogP contribution is -2.14. The van der Waals surface area contributed by atoms with Crippen LogP contribution in [0.25, 0.3) is 0 Å². The van der Waals surface area contributed by atoms with Crippen LogP contribution in [-0.4, -0.2) is 21.1 Å². The highest BCUT2D eigenvalue weighted by atomic mass is 16.2. The SMILES string of the molecule is Cc1ccc(NC(=O)c2n[nH]c(C)n2)c(C)c1. The molecule has 88 valence electrons. The summed E-state index contributed by atoms with van der Waals surface area (Å²) >= 11 is 0. The average Bonchev–Trinajstić information content (AvgIpc) is 2.69. The van der Waals surface area contributed by atoms with Gasteiger partial charge >= 0.3 is 0 Å². The number of aromatic nitrogens is 3. The van der Waals surface area contributed by atoms with E-state index in [4.69, 9.17) is 0 Å². The zero-order valence-corrected chi connectivity index (χ0v) is 10.0. The molecular formula is C12H14N4O. The van der Waals surface area contributed by atoms with Crippen LogP contribution in [0.3, 0.4) is 0 Å². The van der Waals surface area contributed by atoms with Crippen LogP contribution in [-0.2, 0) is 0 Å². The van der Waals surface area contributed by atoms with Gasteiger partial charge in [0.05, 0.1) is 0 Å². The molecule has 1 amide bonds. The summed E-state index contributed by atoms with van der Waals surface area (Å²) in [6.07, 6.45) is 0. The Morgan fingerprint density at radius 1 is 1.29 bits per heavy atom. The lowest BCUT2D eigenvalue weighted by atomic mass is 10.1. The number of nitrogens with one attached hydrogen (secondary N) is 2. The van der Waals surface area contributed by atoms with Crippen LogP contribution in [0.5, 0.6) is 0 Å². The number of rotatable bonds is 2. The van der Waals surface area contributed by atoms with Gasteiger partial charge in [-0.2, -0.15) is 0 Å². The molecule has 0 aliphatic carbocycles. The summed E-state index contributed by atoms with van der Waals surface area (Å²) < 4.78 is 0. The molecule has 0 spiro atoms. The first-order valence-electron chi connectivity index (χ1n) is 5.34. The standard InChI is InChI=1S/C12H14N4O/c1-7-4-5-10(8(2)6-7)14-12(17)11-13-9(3)15-16-11/h4-6H,1-3H3,(H,14,17)(H,13,15,16). The topological polar surface area (TPSA) is 70.7 Å². The molecule has 0 aliphatic rings. The summed E-state index contributed by atoms with van der Waals surface area (Å²) in [5, 5.41) is 9.23. The molecule has 1 aromatic heterocycles. The lowest BCUT2D eigenvalue weighted by molar-refractivity contribution is 0.101. The molecule has 0 bridgehead atoms. The second-order valence-electron chi connectivity index (χ2n) is 4.02. The number of amides is 1. The summed E-state index contributed by atoms with van der Waals surface area (Å²) in [6, 6.07) is 5.84. The summed E-state index contributed by atoms with van der Waals surface area (Å²) in [5.74, 6) is 0.472. The van der Waals surface area contributed by atoms with Crippen molar-refractivity contribution in [2.24, 2.45) is 0 Å². The predicted octanol–water partition coefficient (Wildman–Crippen LogP) is 1.98. The number of carbonyl (C=O) groups is 1. The molecule has 1 heterocycles. The first-order valence-corrected chi connectivity index (χ1v) is 5.34. The quantitative estimate of drug-likeness (QED) is 0.828. The third-order valence-electron chi connectivity index (χ3n) is 2.43. The molecule has 2 rings (SSSR count). The second kappa shape index (κ2) is 4.37. The normalized spacial score (nSPS) is 10.3. The van der Waals surface area contributed by atoms with Gasteiger partial charge in [0.15, 0.2) is 0 Å². The van der Waals surface area contributed by atoms with Crippen LogP contribution in [0.1, 0.15) is 27.6 Å². The molecule has 5 nitrogen and oxygen atoms in total. The Balaban J connectivity index is 2.18. The van der Waals surface area contributed by atoms with Gasteiger partial charge in [-0.05, 0) is 32.4 Å². The van der Waals surface area contributed by atoms with E-state index in [0.717, 1.165) is 16.8 Å². The number of H-pyrrole nitrogens is 1. The van der Waals surface area contributed by atoms with Crippen molar-refractivity contribution < 1.29 is 4.79 Å². The number of anilines is 1. The minimum Gasteiger partial charge on any atom is -0.319 e. The van der Waals surface area contributed by atoms with E-state index in [2.05, 4.69) is 20.5 Å². The van der Waals surface area contributed by atoms with Gasteiger partial charge < -0.3 is 5.32 Å². The van der Waals surface area contributed by atoms with E-state index in [-0.39, 0.29) is 11.7 Å². The molecule has 0 radical (unpaired) electrons. The fraction of sp³-hybridized carbons (Fsp3) is 0.250. The third kappa shape index (κ3) is 2.50. The van der Waals surface area contributed by atoms with Gasteiger partial charge in [0, 0.05) is 5.69 Å². The van der Waals surface area contributed by atoms with Crippen LogP contribution < -0.4 is 5.32 Å². The summed E-state index contributed by atoms with van der Waals surface area (Å²) in [7, 11) is 0. The molecule has 17 heavy (non-hydrogen) atoms. The third-order valence-corrected chi connectivity index (χ3v) is 2.43. The van der Waals surface area contributed by atoms with Crippen molar-refractivity contribution >= 4 is 11.6 Å². The van der Waals surface area contributed by atoms with Crippen molar-refractivity contribution in [3.63, 3.8) is 0 Å². The van der Waals surface area contributed by atoms with E-state index in [1.807, 2.05) is 32.0 Å². The predicted molar refractivity (Wildman–Crippen MR) is 65.0 cm³/mol. The molecule has 0 saturated carbocycles. The Bertz CT molecular complexity index is 559. The number of aromatic amines is 1. The molecule has 2 N–H and O–H groups in total. The molecule has 0 atom stereocenters.